The molecule has 0 aromatic heterocycles. The molecule has 62 heavy (non-hydrogen) atoms. The molecule has 0 bridgehead atoms. The summed E-state index contributed by atoms with van der Waals surface area (Å²) in [5, 5.41) is 3.34. The van der Waals surface area contributed by atoms with Crippen molar-refractivity contribution in [3.8, 4) is 28.7 Å². The van der Waals surface area contributed by atoms with Gasteiger partial charge in [-0.15, -0.1) is 0 Å². The smallest absolute Gasteiger partial charge is 0.459 e. The highest BCUT2D eigenvalue weighted by Crippen LogP contribution is 2.57. The minimum absolute atomic E-state index is 0.272. The summed E-state index contributed by atoms with van der Waals surface area (Å²) in [7, 11) is -0.348. The molecule has 2 spiro atoms. The van der Waals surface area contributed by atoms with E-state index in [1.54, 1.807) is 36.4 Å². The molecule has 4 heterocycles. The molecule has 0 amide bonds. The molecule has 2 atom stereocenters. The van der Waals surface area contributed by atoms with Crippen molar-refractivity contribution in [1.29, 1.82) is 0 Å². The van der Waals surface area contributed by atoms with Crippen LogP contribution in [0.5, 0.6) is 28.7 Å². The molecule has 10 nitrogen and oxygen atoms in total. The Hall–Kier alpha value is -6.77. The summed E-state index contributed by atoms with van der Waals surface area (Å²) in [5.41, 5.74) is 4.39. The molecule has 310 valence electrons. The van der Waals surface area contributed by atoms with Gasteiger partial charge in [0, 0.05) is 36.2 Å². The first kappa shape index (κ1) is 38.2. The lowest BCUT2D eigenvalue weighted by molar-refractivity contribution is 0.0826. The number of aryl methyl sites for hydroxylation is 1. The first-order valence-electron chi connectivity index (χ1n) is 20.8. The number of nitrogens with zero attached hydrogens (tertiary/aromatic N) is 4. The fraction of sp³-hybridized carbons (Fsp3) is 0.216. The molecular formula is C51H45N4O6P. The number of aliphatic imine (C=N–C) groups is 2. The monoisotopic (exact) mass is 840 g/mol. The van der Waals surface area contributed by atoms with Gasteiger partial charge in [-0.25, -0.2) is 0 Å². The SMILES string of the molecule is Cc1ccc(OP(=O)(Oc2ccc3ccc4c(c3c2)N=CC2(O4)N(C)c3ccccc3C2(C)C)Oc2ccc3ccc4c(c3c2)N=CC2(O4)N(C)c3ccccc3C2(C)C)cc1. The van der Waals surface area contributed by atoms with Crippen LogP contribution in [-0.4, -0.2) is 38.0 Å². The maximum atomic E-state index is 15.0. The number of hydrogen-bond donors (Lipinski definition) is 0. The van der Waals surface area contributed by atoms with Gasteiger partial charge in [0.15, 0.2) is 0 Å². The highest BCUT2D eigenvalue weighted by Gasteiger charge is 2.60. The fourth-order valence-corrected chi connectivity index (χ4v) is 11.1. The minimum atomic E-state index is -4.43. The average Bonchev–Trinajstić information content (AvgIpc) is 3.53. The third-order valence-corrected chi connectivity index (χ3v) is 14.8. The number of rotatable bonds is 6. The van der Waals surface area contributed by atoms with Crippen molar-refractivity contribution in [3.63, 3.8) is 0 Å². The van der Waals surface area contributed by atoms with Gasteiger partial charge >= 0.3 is 7.82 Å². The van der Waals surface area contributed by atoms with Crippen molar-refractivity contribution < 1.29 is 27.6 Å². The predicted octanol–water partition coefficient (Wildman–Crippen LogP) is 12.4. The van der Waals surface area contributed by atoms with Gasteiger partial charge in [-0.1, -0.05) is 78.4 Å². The number of anilines is 2. The van der Waals surface area contributed by atoms with Crippen molar-refractivity contribution >= 4 is 64.5 Å². The Balaban J connectivity index is 0.939. The van der Waals surface area contributed by atoms with Crippen LogP contribution in [0.3, 0.4) is 0 Å². The van der Waals surface area contributed by atoms with Crippen LogP contribution < -0.4 is 32.8 Å². The van der Waals surface area contributed by atoms with Crippen LogP contribution >= 0.6 is 7.82 Å². The van der Waals surface area contributed by atoms with Gasteiger partial charge in [-0.3, -0.25) is 9.98 Å². The van der Waals surface area contributed by atoms with Crippen molar-refractivity contribution in [1.82, 2.24) is 0 Å². The zero-order chi connectivity index (χ0) is 42.8. The Morgan fingerprint density at radius 1 is 0.532 bits per heavy atom. The second-order valence-electron chi connectivity index (χ2n) is 17.6. The first-order valence-corrected chi connectivity index (χ1v) is 22.2. The Morgan fingerprint density at radius 2 is 0.935 bits per heavy atom. The quantitative estimate of drug-likeness (QED) is 0.153. The van der Waals surface area contributed by atoms with E-state index in [2.05, 4.69) is 73.9 Å². The lowest BCUT2D eigenvalue weighted by Crippen LogP contribution is -2.61. The van der Waals surface area contributed by atoms with Crippen LogP contribution in [0.4, 0.5) is 22.7 Å². The Kier molecular flexibility index (Phi) is 8.08. The Labute approximate surface area is 360 Å². The molecule has 0 N–H and O–H groups in total. The van der Waals surface area contributed by atoms with Crippen LogP contribution in [0.25, 0.3) is 21.5 Å². The Bertz CT molecular complexity index is 2940. The first-order chi connectivity index (χ1) is 29.7. The molecule has 4 aliphatic rings. The second-order valence-corrected chi connectivity index (χ2v) is 19.1. The third kappa shape index (κ3) is 5.38. The number of ether oxygens (including phenoxy) is 2. The summed E-state index contributed by atoms with van der Waals surface area (Å²) in [6.45, 7) is 10.7. The zero-order valence-electron chi connectivity index (χ0n) is 35.5. The van der Waals surface area contributed by atoms with Crippen LogP contribution in [0, 0.1) is 6.92 Å². The molecule has 0 saturated heterocycles. The van der Waals surface area contributed by atoms with Gasteiger partial charge < -0.3 is 32.8 Å². The predicted molar refractivity (Wildman–Crippen MR) is 247 cm³/mol. The van der Waals surface area contributed by atoms with Crippen molar-refractivity contribution in [2.75, 3.05) is 23.9 Å². The van der Waals surface area contributed by atoms with E-state index < -0.39 is 30.1 Å². The van der Waals surface area contributed by atoms with Gasteiger partial charge in [-0.05, 0) is 117 Å². The highest BCUT2D eigenvalue weighted by molar-refractivity contribution is 7.49. The van der Waals surface area contributed by atoms with Crippen molar-refractivity contribution in [2.45, 2.75) is 56.9 Å². The van der Waals surface area contributed by atoms with E-state index in [0.717, 1.165) is 38.5 Å². The van der Waals surface area contributed by atoms with Gasteiger partial charge in [0.1, 0.15) is 40.1 Å². The molecular weight excluding hydrogens is 796 g/mol. The van der Waals surface area contributed by atoms with Crippen LogP contribution in [-0.2, 0) is 15.4 Å². The van der Waals surface area contributed by atoms with Gasteiger partial charge in [0.2, 0.25) is 11.4 Å². The van der Waals surface area contributed by atoms with Crippen molar-refractivity contribution in [2.24, 2.45) is 9.98 Å². The van der Waals surface area contributed by atoms with E-state index in [1.165, 1.54) is 11.1 Å². The summed E-state index contributed by atoms with van der Waals surface area (Å²) in [5.74, 6) is 2.13. The molecule has 0 radical (unpaired) electrons. The van der Waals surface area contributed by atoms with E-state index in [0.29, 0.717) is 28.6 Å². The number of para-hydroxylation sites is 2. The number of hydrogen-bond acceptors (Lipinski definition) is 10. The second kappa shape index (κ2) is 13.1. The highest BCUT2D eigenvalue weighted by atomic mass is 31.2. The number of likely N-dealkylation sites (N-methyl/N-ethyl adjacent to an activating group) is 2. The third-order valence-electron chi connectivity index (χ3n) is 13.5. The van der Waals surface area contributed by atoms with E-state index in [4.69, 9.17) is 33.0 Å². The maximum Gasteiger partial charge on any atom is 0.647 e. The fourth-order valence-electron chi connectivity index (χ4n) is 9.86. The van der Waals surface area contributed by atoms with Gasteiger partial charge in [0.05, 0.1) is 23.3 Å². The minimum Gasteiger partial charge on any atom is -0.459 e. The normalized spacial score (nSPS) is 21.8. The number of phosphoric acid groups is 1. The van der Waals surface area contributed by atoms with Crippen LogP contribution in [0.2, 0.25) is 0 Å². The summed E-state index contributed by atoms with van der Waals surface area (Å²) in [6, 6.07) is 42.8. The lowest BCUT2D eigenvalue weighted by atomic mass is 9.77. The average molecular weight is 841 g/mol. The summed E-state index contributed by atoms with van der Waals surface area (Å²) in [4.78, 5) is 14.5. The molecule has 11 heteroatoms. The van der Waals surface area contributed by atoms with Crippen LogP contribution in [0.15, 0.2) is 143 Å². The topological polar surface area (TPSA) is 94.4 Å². The number of fused-ring (bicyclic) bond motifs is 8. The zero-order valence-corrected chi connectivity index (χ0v) is 36.4. The maximum absolute atomic E-state index is 15.0. The molecule has 7 aromatic rings. The largest absolute Gasteiger partial charge is 0.647 e. The van der Waals surface area contributed by atoms with Crippen LogP contribution in [0.1, 0.15) is 44.4 Å². The molecule has 11 rings (SSSR count). The molecule has 2 unspecified atom stereocenters. The number of benzene rings is 7. The van der Waals surface area contributed by atoms with Gasteiger partial charge in [0.25, 0.3) is 0 Å². The molecule has 0 fully saturated rings. The van der Waals surface area contributed by atoms with E-state index in [1.807, 2.05) is 94.1 Å². The molecule has 4 aliphatic heterocycles. The number of phosphoric ester groups is 1. The van der Waals surface area contributed by atoms with E-state index in [-0.39, 0.29) is 11.5 Å². The van der Waals surface area contributed by atoms with E-state index in [9.17, 15) is 0 Å². The lowest BCUT2D eigenvalue weighted by Gasteiger charge is -2.45. The summed E-state index contributed by atoms with van der Waals surface area (Å²) >= 11 is 0. The standard InChI is InChI=1S/C51H45N4O6P/c1-32-16-22-35(23-17-32)59-62(56,60-36-24-18-33-20-26-44-46(38(33)28-36)52-30-50(57-44)48(2,3)40-12-8-10-14-42(40)54(50)6)61-37-25-19-34-21-27-45-47(39(34)29-37)53-31-51(58-45)49(4,5)41-13-9-11-15-43(41)55(51)7/h8-31H,1-7H3. The summed E-state index contributed by atoms with van der Waals surface area (Å²) < 4.78 is 47.8. The van der Waals surface area contributed by atoms with Crippen molar-refractivity contribution in [3.05, 3.63) is 150 Å². The van der Waals surface area contributed by atoms with E-state index >= 15 is 4.57 Å². The summed E-state index contributed by atoms with van der Waals surface area (Å²) in [6.07, 6.45) is 3.80. The molecule has 0 aliphatic carbocycles. The molecule has 7 aromatic carbocycles. The van der Waals surface area contributed by atoms with Gasteiger partial charge in [-0.2, -0.15) is 4.57 Å². The molecule has 0 saturated carbocycles. The Morgan fingerprint density at radius 3 is 1.39 bits per heavy atom.